The zero-order chi connectivity index (χ0) is 15.2. The lowest BCUT2D eigenvalue weighted by Gasteiger charge is -2.32. The van der Waals surface area contributed by atoms with Gasteiger partial charge < -0.3 is 9.47 Å². The summed E-state index contributed by atoms with van der Waals surface area (Å²) in [6.45, 7) is 4.04. The van der Waals surface area contributed by atoms with Gasteiger partial charge in [0.25, 0.3) is 0 Å². The molecular weight excluding hydrogens is 298 g/mol. The van der Waals surface area contributed by atoms with Crippen LogP contribution in [0.4, 0.5) is 0 Å². The minimum atomic E-state index is 0.0775. The van der Waals surface area contributed by atoms with E-state index in [1.165, 1.54) is 5.56 Å². The van der Waals surface area contributed by atoms with E-state index < -0.39 is 0 Å². The second-order valence-corrected chi connectivity index (χ2v) is 5.86. The van der Waals surface area contributed by atoms with Crippen molar-refractivity contribution in [3.05, 3.63) is 65.2 Å². The summed E-state index contributed by atoms with van der Waals surface area (Å²) in [5, 5.41) is 0.638. The number of hydrogen-bond donors (Lipinski definition) is 0. The highest BCUT2D eigenvalue weighted by atomic mass is 35.5. The van der Waals surface area contributed by atoms with Gasteiger partial charge in [0.05, 0.1) is 11.6 Å². The summed E-state index contributed by atoms with van der Waals surface area (Å²) in [6, 6.07) is 18.0. The van der Waals surface area contributed by atoms with Crippen molar-refractivity contribution in [3.8, 4) is 5.75 Å². The summed E-state index contributed by atoms with van der Waals surface area (Å²) in [5.74, 6) is 0.716. The van der Waals surface area contributed by atoms with Crippen molar-refractivity contribution in [2.24, 2.45) is 0 Å². The van der Waals surface area contributed by atoms with Gasteiger partial charge in [-0.15, -0.1) is 0 Å². The van der Waals surface area contributed by atoms with Gasteiger partial charge in [0.2, 0.25) is 0 Å². The van der Waals surface area contributed by atoms with Crippen molar-refractivity contribution in [3.63, 3.8) is 0 Å². The van der Waals surface area contributed by atoms with Crippen molar-refractivity contribution >= 4 is 11.6 Å². The number of nitrogens with zero attached hydrogens (tertiary/aromatic N) is 1. The van der Waals surface area contributed by atoms with Crippen LogP contribution < -0.4 is 4.74 Å². The molecule has 0 aliphatic carbocycles. The van der Waals surface area contributed by atoms with Crippen LogP contribution in [0.2, 0.25) is 5.02 Å². The van der Waals surface area contributed by atoms with Crippen LogP contribution in [0.5, 0.6) is 5.75 Å². The van der Waals surface area contributed by atoms with E-state index in [9.17, 15) is 0 Å². The molecule has 0 N–H and O–H groups in total. The van der Waals surface area contributed by atoms with Gasteiger partial charge in [-0.05, 0) is 17.7 Å². The third kappa shape index (κ3) is 4.23. The fourth-order valence-corrected chi connectivity index (χ4v) is 2.80. The number of benzene rings is 2. The van der Waals surface area contributed by atoms with Crippen LogP contribution >= 0.6 is 11.6 Å². The molecule has 1 aliphatic rings. The van der Waals surface area contributed by atoms with Gasteiger partial charge in [0.15, 0.2) is 0 Å². The fraction of sp³-hybridized carbons (Fsp3) is 0.333. The maximum Gasteiger partial charge on any atom is 0.138 e. The number of rotatable bonds is 5. The first-order valence-electron chi connectivity index (χ1n) is 7.56. The lowest BCUT2D eigenvalue weighted by Crippen LogP contribution is -2.44. The first kappa shape index (κ1) is 15.3. The molecule has 3 nitrogen and oxygen atoms in total. The molecule has 4 heteroatoms. The molecule has 3 rings (SSSR count). The maximum absolute atomic E-state index is 6.10. The van der Waals surface area contributed by atoms with Crippen LogP contribution in [0.25, 0.3) is 0 Å². The number of halogens is 1. The third-order valence-corrected chi connectivity index (χ3v) is 4.05. The minimum absolute atomic E-state index is 0.0775. The normalized spacial score (nSPS) is 19.0. The van der Waals surface area contributed by atoms with E-state index in [1.807, 2.05) is 30.3 Å². The molecule has 2 aromatic carbocycles. The zero-order valence-electron chi connectivity index (χ0n) is 12.5. The number of hydrogen-bond acceptors (Lipinski definition) is 3. The summed E-state index contributed by atoms with van der Waals surface area (Å²) < 4.78 is 11.6. The Labute approximate surface area is 136 Å². The first-order valence-corrected chi connectivity index (χ1v) is 7.94. The molecule has 0 bridgehead atoms. The molecule has 0 amide bonds. The largest absolute Gasteiger partial charge is 0.489 e. The summed E-state index contributed by atoms with van der Waals surface area (Å²) in [5.41, 5.74) is 1.33. The third-order valence-electron chi connectivity index (χ3n) is 3.73. The van der Waals surface area contributed by atoms with Crippen molar-refractivity contribution in [2.45, 2.75) is 12.6 Å². The zero-order valence-corrected chi connectivity index (χ0v) is 13.2. The lowest BCUT2D eigenvalue weighted by molar-refractivity contribution is -0.0504. The maximum atomic E-state index is 6.10. The average molecular weight is 318 g/mol. The number of morpholine rings is 1. The lowest BCUT2D eigenvalue weighted by atomic mass is 10.2. The molecule has 1 atom stereocenters. The van der Waals surface area contributed by atoms with Crippen LogP contribution in [-0.4, -0.2) is 37.3 Å². The van der Waals surface area contributed by atoms with E-state index >= 15 is 0 Å². The molecule has 2 aromatic rings. The fourth-order valence-electron chi connectivity index (χ4n) is 2.61. The minimum Gasteiger partial charge on any atom is -0.489 e. The highest BCUT2D eigenvalue weighted by Gasteiger charge is 2.21. The van der Waals surface area contributed by atoms with E-state index in [1.54, 1.807) is 0 Å². The molecule has 1 fully saturated rings. The van der Waals surface area contributed by atoms with Crippen molar-refractivity contribution < 1.29 is 9.47 Å². The standard InChI is InChI=1S/C18H20ClNO2/c19-17-8-4-5-9-18(17)22-14-16-13-20(10-11-21-16)12-15-6-2-1-3-7-15/h1-9,16H,10-14H2. The van der Waals surface area contributed by atoms with Crippen LogP contribution in [0.3, 0.4) is 0 Å². The Morgan fingerprint density at radius 1 is 1.09 bits per heavy atom. The molecule has 22 heavy (non-hydrogen) atoms. The van der Waals surface area contributed by atoms with Crippen LogP contribution in [0.15, 0.2) is 54.6 Å². The van der Waals surface area contributed by atoms with Gasteiger partial charge >= 0.3 is 0 Å². The summed E-state index contributed by atoms with van der Waals surface area (Å²) in [7, 11) is 0. The Balaban J connectivity index is 1.51. The van der Waals surface area contributed by atoms with Gasteiger partial charge in [-0.2, -0.15) is 0 Å². The van der Waals surface area contributed by atoms with Gasteiger partial charge in [-0.3, -0.25) is 4.90 Å². The van der Waals surface area contributed by atoms with E-state index in [4.69, 9.17) is 21.1 Å². The molecule has 0 saturated carbocycles. The second-order valence-electron chi connectivity index (χ2n) is 5.45. The van der Waals surface area contributed by atoms with Gasteiger partial charge in [-0.1, -0.05) is 54.1 Å². The molecule has 1 unspecified atom stereocenters. The smallest absolute Gasteiger partial charge is 0.138 e. The van der Waals surface area contributed by atoms with Crippen molar-refractivity contribution in [2.75, 3.05) is 26.3 Å². The SMILES string of the molecule is Clc1ccccc1OCC1CN(Cc2ccccc2)CCO1. The predicted octanol–water partition coefficient (Wildman–Crippen LogP) is 3.62. The molecular formula is C18H20ClNO2. The quantitative estimate of drug-likeness (QED) is 0.840. The van der Waals surface area contributed by atoms with Crippen LogP contribution in [0.1, 0.15) is 5.56 Å². The van der Waals surface area contributed by atoms with Gasteiger partial charge in [-0.25, -0.2) is 0 Å². The summed E-state index contributed by atoms with van der Waals surface area (Å²) >= 11 is 6.10. The number of ether oxygens (including phenoxy) is 2. The Morgan fingerprint density at radius 2 is 1.86 bits per heavy atom. The Kier molecular flexibility index (Phi) is 5.33. The Hall–Kier alpha value is -1.55. The summed E-state index contributed by atoms with van der Waals surface area (Å²) in [4.78, 5) is 2.40. The predicted molar refractivity (Wildman–Crippen MR) is 88.4 cm³/mol. The van der Waals surface area contributed by atoms with Crippen LogP contribution in [-0.2, 0) is 11.3 Å². The molecule has 0 aromatic heterocycles. The van der Waals surface area contributed by atoms with Crippen molar-refractivity contribution in [1.82, 2.24) is 4.90 Å². The van der Waals surface area contributed by atoms with E-state index in [0.29, 0.717) is 17.4 Å². The van der Waals surface area contributed by atoms with E-state index in [-0.39, 0.29) is 6.10 Å². The van der Waals surface area contributed by atoms with Gasteiger partial charge in [0.1, 0.15) is 18.5 Å². The molecule has 1 aliphatic heterocycles. The molecule has 1 saturated heterocycles. The average Bonchev–Trinajstić information content (AvgIpc) is 2.55. The van der Waals surface area contributed by atoms with Crippen molar-refractivity contribution in [1.29, 1.82) is 0 Å². The van der Waals surface area contributed by atoms with E-state index in [0.717, 1.165) is 26.2 Å². The monoisotopic (exact) mass is 317 g/mol. The Morgan fingerprint density at radius 3 is 2.68 bits per heavy atom. The van der Waals surface area contributed by atoms with E-state index in [2.05, 4.69) is 29.2 Å². The highest BCUT2D eigenvalue weighted by Crippen LogP contribution is 2.23. The molecule has 1 heterocycles. The van der Waals surface area contributed by atoms with Gasteiger partial charge in [0, 0.05) is 19.6 Å². The van der Waals surface area contributed by atoms with Crippen LogP contribution in [0, 0.1) is 0 Å². The second kappa shape index (κ2) is 7.63. The first-order chi connectivity index (χ1) is 10.8. The molecule has 0 radical (unpaired) electrons. The Bertz CT molecular complexity index is 591. The topological polar surface area (TPSA) is 21.7 Å². The molecule has 0 spiro atoms. The summed E-state index contributed by atoms with van der Waals surface area (Å²) in [6.07, 6.45) is 0.0775. The highest BCUT2D eigenvalue weighted by molar-refractivity contribution is 6.32. The number of para-hydroxylation sites is 1. The molecule has 116 valence electrons.